The highest BCUT2D eigenvalue weighted by atomic mass is 32.2. The zero-order valence-corrected chi connectivity index (χ0v) is 13.4. The van der Waals surface area contributed by atoms with Gasteiger partial charge in [-0.1, -0.05) is 18.2 Å². The average molecular weight is 344 g/mol. The molecule has 7 heteroatoms. The maximum Gasteiger partial charge on any atom is 0.271 e. The molecule has 1 aliphatic rings. The molecule has 1 amide bonds. The summed E-state index contributed by atoms with van der Waals surface area (Å²) < 4.78 is 19.0. The van der Waals surface area contributed by atoms with E-state index in [-0.39, 0.29) is 27.3 Å². The summed E-state index contributed by atoms with van der Waals surface area (Å²) >= 11 is 0.949. The van der Waals surface area contributed by atoms with E-state index in [1.807, 2.05) is 0 Å². The van der Waals surface area contributed by atoms with Crippen LogP contribution >= 0.6 is 11.8 Å². The van der Waals surface area contributed by atoms with Gasteiger partial charge in [0.25, 0.3) is 5.91 Å². The van der Waals surface area contributed by atoms with Crippen LogP contribution in [0.5, 0.6) is 11.5 Å². The number of hydrogen-bond donors (Lipinski definition) is 2. The predicted molar refractivity (Wildman–Crippen MR) is 91.8 cm³/mol. The Hall–Kier alpha value is -2.80. The Morgan fingerprint density at radius 1 is 1.29 bits per heavy atom. The van der Waals surface area contributed by atoms with Crippen LogP contribution in [0.2, 0.25) is 0 Å². The lowest BCUT2D eigenvalue weighted by Crippen LogP contribution is -2.28. The van der Waals surface area contributed by atoms with Gasteiger partial charge in [0.2, 0.25) is 0 Å². The van der Waals surface area contributed by atoms with Crippen molar-refractivity contribution in [3.63, 3.8) is 0 Å². The van der Waals surface area contributed by atoms with Gasteiger partial charge in [0.15, 0.2) is 16.7 Å². The number of anilines is 1. The van der Waals surface area contributed by atoms with Crippen LogP contribution < -0.4 is 9.64 Å². The fourth-order valence-electron chi connectivity index (χ4n) is 2.27. The Kier molecular flexibility index (Phi) is 4.26. The topological polar surface area (TPSA) is 73.6 Å². The summed E-state index contributed by atoms with van der Waals surface area (Å²) in [5.74, 6) is -0.766. The molecule has 1 heterocycles. The van der Waals surface area contributed by atoms with Crippen molar-refractivity contribution in [3.05, 3.63) is 58.8 Å². The summed E-state index contributed by atoms with van der Waals surface area (Å²) in [5.41, 5.74) is 0.676. The smallest absolute Gasteiger partial charge is 0.271 e. The molecule has 0 radical (unpaired) electrons. The molecular formula is C17H13FN2O3S. The van der Waals surface area contributed by atoms with Crippen molar-refractivity contribution in [3.8, 4) is 11.5 Å². The number of carbonyl (C=O) groups is 1. The van der Waals surface area contributed by atoms with Crippen molar-refractivity contribution >= 4 is 34.6 Å². The van der Waals surface area contributed by atoms with Gasteiger partial charge in [-0.05, 0) is 47.7 Å². The number of amidine groups is 1. The lowest BCUT2D eigenvalue weighted by Gasteiger charge is -2.14. The van der Waals surface area contributed by atoms with Gasteiger partial charge in [-0.3, -0.25) is 15.1 Å². The normalized spacial score (nSPS) is 16.1. The summed E-state index contributed by atoms with van der Waals surface area (Å²) in [5, 5.41) is 17.5. The first-order valence-electron chi connectivity index (χ1n) is 6.95. The van der Waals surface area contributed by atoms with E-state index in [9.17, 15) is 14.3 Å². The van der Waals surface area contributed by atoms with E-state index >= 15 is 0 Å². The van der Waals surface area contributed by atoms with E-state index in [4.69, 9.17) is 10.1 Å². The first-order valence-corrected chi connectivity index (χ1v) is 7.77. The molecule has 2 aromatic carbocycles. The van der Waals surface area contributed by atoms with Crippen LogP contribution in [-0.4, -0.2) is 23.3 Å². The summed E-state index contributed by atoms with van der Waals surface area (Å²) in [6.45, 7) is 0. The lowest BCUT2D eigenvalue weighted by molar-refractivity contribution is -0.113. The zero-order valence-electron chi connectivity index (χ0n) is 12.6. The number of methoxy groups -OCH3 is 1. The second kappa shape index (κ2) is 6.37. The number of rotatable bonds is 3. The molecule has 24 heavy (non-hydrogen) atoms. The van der Waals surface area contributed by atoms with E-state index in [1.54, 1.807) is 24.3 Å². The molecule has 0 spiro atoms. The lowest BCUT2D eigenvalue weighted by atomic mass is 10.2. The number of benzene rings is 2. The van der Waals surface area contributed by atoms with Gasteiger partial charge in [0.05, 0.1) is 17.7 Å². The van der Waals surface area contributed by atoms with E-state index in [2.05, 4.69) is 0 Å². The molecule has 0 aromatic heterocycles. The van der Waals surface area contributed by atoms with Crippen LogP contribution in [0, 0.1) is 11.2 Å². The Morgan fingerprint density at radius 3 is 2.75 bits per heavy atom. The zero-order chi connectivity index (χ0) is 17.3. The molecule has 5 nitrogen and oxygen atoms in total. The molecule has 0 bridgehead atoms. The summed E-state index contributed by atoms with van der Waals surface area (Å²) in [7, 11) is 1.43. The van der Waals surface area contributed by atoms with Crippen molar-refractivity contribution in [2.45, 2.75) is 0 Å². The van der Waals surface area contributed by atoms with E-state index in [0.717, 1.165) is 16.7 Å². The number of para-hydroxylation sites is 1. The molecule has 2 aromatic rings. The van der Waals surface area contributed by atoms with Crippen LogP contribution in [0.25, 0.3) is 6.08 Å². The molecule has 1 saturated heterocycles. The predicted octanol–water partition coefficient (Wildman–Crippen LogP) is 3.60. The number of thioether (sulfide) groups is 1. The highest BCUT2D eigenvalue weighted by Crippen LogP contribution is 2.37. The maximum atomic E-state index is 13.9. The number of phenolic OH excluding ortho intramolecular Hbond substituents is 1. The van der Waals surface area contributed by atoms with Crippen molar-refractivity contribution in [1.82, 2.24) is 0 Å². The Labute approximate surface area is 141 Å². The number of halogens is 1. The highest BCUT2D eigenvalue weighted by molar-refractivity contribution is 8.19. The fraction of sp³-hybridized carbons (Fsp3) is 0.0588. The molecule has 1 aliphatic heterocycles. The number of ether oxygens (including phenoxy) is 1. The summed E-state index contributed by atoms with van der Waals surface area (Å²) in [6.07, 6.45) is 1.57. The largest absolute Gasteiger partial charge is 0.504 e. The van der Waals surface area contributed by atoms with Gasteiger partial charge < -0.3 is 9.84 Å². The SMILES string of the molecule is COc1cc(C=C2SC(=N)N(c3ccccc3F)C2=O)ccc1O. The molecule has 0 atom stereocenters. The minimum absolute atomic E-state index is 0.00854. The second-order valence-corrected chi connectivity index (χ2v) is 5.97. The standard InChI is InChI=1S/C17H13FN2O3S/c1-23-14-8-10(6-7-13(14)21)9-15-16(22)20(17(19)24-15)12-5-3-2-4-11(12)18/h2-9,19,21H,1H3. The fourth-order valence-corrected chi connectivity index (χ4v) is 3.13. The Bertz CT molecular complexity index is 867. The molecule has 0 aliphatic carbocycles. The minimum atomic E-state index is -0.566. The van der Waals surface area contributed by atoms with Gasteiger partial charge >= 0.3 is 0 Å². The summed E-state index contributed by atoms with van der Waals surface area (Å²) in [4.78, 5) is 13.9. The summed E-state index contributed by atoms with van der Waals surface area (Å²) in [6, 6.07) is 10.5. The van der Waals surface area contributed by atoms with Crippen molar-refractivity contribution < 1.29 is 19.0 Å². The third-order valence-corrected chi connectivity index (χ3v) is 4.31. The highest BCUT2D eigenvalue weighted by Gasteiger charge is 2.34. The molecular weight excluding hydrogens is 331 g/mol. The average Bonchev–Trinajstić information content (AvgIpc) is 2.84. The maximum absolute atomic E-state index is 13.9. The number of hydrogen-bond acceptors (Lipinski definition) is 5. The van der Waals surface area contributed by atoms with Gasteiger partial charge in [0.1, 0.15) is 5.82 Å². The van der Waals surface area contributed by atoms with Crippen molar-refractivity contribution in [2.24, 2.45) is 0 Å². The van der Waals surface area contributed by atoms with Crippen LogP contribution in [0.1, 0.15) is 5.56 Å². The first kappa shape index (κ1) is 16.1. The van der Waals surface area contributed by atoms with Gasteiger partial charge in [-0.2, -0.15) is 0 Å². The van der Waals surface area contributed by atoms with Crippen molar-refractivity contribution in [2.75, 3.05) is 12.0 Å². The molecule has 122 valence electrons. The van der Waals surface area contributed by atoms with Crippen molar-refractivity contribution in [1.29, 1.82) is 5.41 Å². The third kappa shape index (κ3) is 2.85. The number of carbonyl (C=O) groups excluding carboxylic acids is 1. The van der Waals surface area contributed by atoms with Gasteiger partial charge in [-0.25, -0.2) is 4.39 Å². The number of nitrogens with zero attached hydrogens (tertiary/aromatic N) is 1. The molecule has 0 unspecified atom stereocenters. The number of nitrogens with one attached hydrogen (secondary N) is 1. The van der Waals surface area contributed by atoms with Crippen LogP contribution in [-0.2, 0) is 4.79 Å². The quantitative estimate of drug-likeness (QED) is 0.835. The van der Waals surface area contributed by atoms with E-state index < -0.39 is 11.7 Å². The number of aromatic hydroxyl groups is 1. The van der Waals surface area contributed by atoms with Gasteiger partial charge in [0, 0.05) is 0 Å². The third-order valence-electron chi connectivity index (χ3n) is 3.42. The minimum Gasteiger partial charge on any atom is -0.504 e. The molecule has 0 saturated carbocycles. The van der Waals surface area contributed by atoms with E-state index in [0.29, 0.717) is 5.56 Å². The van der Waals surface area contributed by atoms with E-state index in [1.165, 1.54) is 31.4 Å². The van der Waals surface area contributed by atoms with Crippen LogP contribution in [0.3, 0.4) is 0 Å². The van der Waals surface area contributed by atoms with Gasteiger partial charge in [-0.15, -0.1) is 0 Å². The first-order chi connectivity index (χ1) is 11.5. The number of amides is 1. The monoisotopic (exact) mass is 344 g/mol. The molecule has 1 fully saturated rings. The molecule has 3 rings (SSSR count). The Balaban J connectivity index is 1.96. The number of phenols is 1. The van der Waals surface area contributed by atoms with Crippen LogP contribution in [0.4, 0.5) is 10.1 Å². The Morgan fingerprint density at radius 2 is 2.04 bits per heavy atom. The van der Waals surface area contributed by atoms with Crippen LogP contribution in [0.15, 0.2) is 47.4 Å². The second-order valence-electron chi connectivity index (χ2n) is 4.94. The molecule has 2 N–H and O–H groups in total.